The minimum absolute atomic E-state index is 0.0298. The number of benzene rings is 1. The molecule has 1 aromatic carbocycles. The molecular formula is C18H22N2O2. The van der Waals surface area contributed by atoms with Crippen LogP contribution in [0.15, 0.2) is 40.9 Å². The van der Waals surface area contributed by atoms with Crippen LogP contribution in [0.5, 0.6) is 0 Å². The predicted octanol–water partition coefficient (Wildman–Crippen LogP) is 3.99. The van der Waals surface area contributed by atoms with Crippen LogP contribution in [-0.4, -0.2) is 28.0 Å². The second-order valence-corrected chi connectivity index (χ2v) is 6.43. The lowest BCUT2D eigenvalue weighted by atomic mass is 9.88. The standard InChI is InChI=1S/C18H22N2O2/c1-12-9-13(2)20(14(3)10-12)18(21)16-11-17(22-19-16)15-7-5-4-6-8-15/h4-8,11-14H,9-10H2,1-3H3/t12?,13-,14+. The molecule has 2 heterocycles. The van der Waals surface area contributed by atoms with E-state index in [9.17, 15) is 4.79 Å². The number of nitrogens with zero attached hydrogens (tertiary/aromatic N) is 2. The van der Waals surface area contributed by atoms with Crippen molar-refractivity contribution in [3.8, 4) is 11.3 Å². The van der Waals surface area contributed by atoms with Gasteiger partial charge in [0.2, 0.25) is 0 Å². The summed E-state index contributed by atoms with van der Waals surface area (Å²) in [5.41, 5.74) is 1.33. The Morgan fingerprint density at radius 1 is 1.14 bits per heavy atom. The first-order chi connectivity index (χ1) is 10.6. The third-order valence-electron chi connectivity index (χ3n) is 4.46. The minimum Gasteiger partial charge on any atom is -0.355 e. The largest absolute Gasteiger partial charge is 0.355 e. The van der Waals surface area contributed by atoms with Gasteiger partial charge >= 0.3 is 0 Å². The highest BCUT2D eigenvalue weighted by atomic mass is 16.5. The molecule has 0 N–H and O–H groups in total. The number of amides is 1. The maximum atomic E-state index is 12.8. The summed E-state index contributed by atoms with van der Waals surface area (Å²) in [6.07, 6.45) is 2.08. The molecule has 3 rings (SSSR count). The summed E-state index contributed by atoms with van der Waals surface area (Å²) in [6, 6.07) is 11.9. The van der Waals surface area contributed by atoms with Crippen molar-refractivity contribution >= 4 is 5.91 Å². The molecule has 1 amide bonds. The summed E-state index contributed by atoms with van der Waals surface area (Å²) < 4.78 is 5.36. The van der Waals surface area contributed by atoms with Crippen molar-refractivity contribution in [1.82, 2.24) is 10.1 Å². The van der Waals surface area contributed by atoms with Gasteiger partial charge in [-0.3, -0.25) is 4.79 Å². The van der Waals surface area contributed by atoms with Gasteiger partial charge < -0.3 is 9.42 Å². The fraction of sp³-hybridized carbons (Fsp3) is 0.444. The lowest BCUT2D eigenvalue weighted by molar-refractivity contribution is 0.0424. The number of likely N-dealkylation sites (tertiary alicyclic amines) is 1. The Bertz CT molecular complexity index is 638. The molecular weight excluding hydrogens is 276 g/mol. The quantitative estimate of drug-likeness (QED) is 0.842. The summed E-state index contributed by atoms with van der Waals surface area (Å²) in [4.78, 5) is 14.7. The van der Waals surface area contributed by atoms with E-state index >= 15 is 0 Å². The zero-order chi connectivity index (χ0) is 15.7. The van der Waals surface area contributed by atoms with Gasteiger partial charge in [0, 0.05) is 23.7 Å². The van der Waals surface area contributed by atoms with E-state index < -0.39 is 0 Å². The first-order valence-corrected chi connectivity index (χ1v) is 7.91. The van der Waals surface area contributed by atoms with Gasteiger partial charge in [0.15, 0.2) is 11.5 Å². The fourth-order valence-electron chi connectivity index (χ4n) is 3.57. The van der Waals surface area contributed by atoms with Crippen molar-refractivity contribution in [2.75, 3.05) is 0 Å². The normalized spacial score (nSPS) is 25.2. The molecule has 1 saturated heterocycles. The zero-order valence-electron chi connectivity index (χ0n) is 13.3. The zero-order valence-corrected chi connectivity index (χ0v) is 13.3. The molecule has 0 bridgehead atoms. The van der Waals surface area contributed by atoms with Crippen molar-refractivity contribution in [3.63, 3.8) is 0 Å². The Balaban J connectivity index is 1.82. The Morgan fingerprint density at radius 2 is 1.77 bits per heavy atom. The Labute approximate surface area is 131 Å². The van der Waals surface area contributed by atoms with Gasteiger partial charge in [-0.1, -0.05) is 42.4 Å². The second-order valence-electron chi connectivity index (χ2n) is 6.43. The van der Waals surface area contributed by atoms with Gasteiger partial charge in [-0.15, -0.1) is 0 Å². The maximum absolute atomic E-state index is 12.8. The Morgan fingerprint density at radius 3 is 2.41 bits per heavy atom. The van der Waals surface area contributed by atoms with Gasteiger partial charge in [0.1, 0.15) is 0 Å². The number of piperidine rings is 1. The topological polar surface area (TPSA) is 46.3 Å². The van der Waals surface area contributed by atoms with E-state index in [0.717, 1.165) is 18.4 Å². The lowest BCUT2D eigenvalue weighted by Crippen LogP contribution is -2.49. The summed E-state index contributed by atoms with van der Waals surface area (Å²) >= 11 is 0. The summed E-state index contributed by atoms with van der Waals surface area (Å²) in [5.74, 6) is 1.26. The molecule has 116 valence electrons. The predicted molar refractivity (Wildman–Crippen MR) is 85.4 cm³/mol. The molecule has 1 fully saturated rings. The summed E-state index contributed by atoms with van der Waals surface area (Å²) in [6.45, 7) is 6.48. The van der Waals surface area contributed by atoms with E-state index in [1.165, 1.54) is 0 Å². The van der Waals surface area contributed by atoms with Crippen LogP contribution in [0.25, 0.3) is 11.3 Å². The van der Waals surface area contributed by atoms with Gasteiger partial charge in [0.25, 0.3) is 5.91 Å². The van der Waals surface area contributed by atoms with Crippen LogP contribution in [0, 0.1) is 5.92 Å². The van der Waals surface area contributed by atoms with Crippen molar-refractivity contribution in [1.29, 1.82) is 0 Å². The van der Waals surface area contributed by atoms with Gasteiger partial charge in [0.05, 0.1) is 0 Å². The monoisotopic (exact) mass is 298 g/mol. The van der Waals surface area contributed by atoms with Crippen LogP contribution >= 0.6 is 0 Å². The molecule has 0 aliphatic carbocycles. The van der Waals surface area contributed by atoms with Crippen molar-refractivity contribution in [3.05, 3.63) is 42.1 Å². The lowest BCUT2D eigenvalue weighted by Gasteiger charge is -2.41. The number of aromatic nitrogens is 1. The molecule has 4 heteroatoms. The number of hydrogen-bond acceptors (Lipinski definition) is 3. The number of carbonyl (C=O) groups excluding carboxylic acids is 1. The number of carbonyl (C=O) groups is 1. The van der Waals surface area contributed by atoms with Gasteiger partial charge in [-0.25, -0.2) is 0 Å². The minimum atomic E-state index is -0.0298. The third kappa shape index (κ3) is 2.78. The molecule has 2 aromatic rings. The fourth-order valence-corrected chi connectivity index (χ4v) is 3.57. The highest BCUT2D eigenvalue weighted by Crippen LogP contribution is 2.29. The molecule has 1 aromatic heterocycles. The molecule has 3 atom stereocenters. The van der Waals surface area contributed by atoms with Crippen LogP contribution in [-0.2, 0) is 0 Å². The van der Waals surface area contributed by atoms with Crippen LogP contribution < -0.4 is 0 Å². The molecule has 0 radical (unpaired) electrons. The van der Waals surface area contributed by atoms with Crippen molar-refractivity contribution in [2.24, 2.45) is 5.92 Å². The summed E-state index contributed by atoms with van der Waals surface area (Å²) in [7, 11) is 0. The first kappa shape index (κ1) is 14.8. The number of rotatable bonds is 2. The highest BCUT2D eigenvalue weighted by Gasteiger charge is 2.34. The van der Waals surface area contributed by atoms with Crippen LogP contribution in [0.4, 0.5) is 0 Å². The average molecular weight is 298 g/mol. The van der Waals surface area contributed by atoms with Gasteiger partial charge in [-0.2, -0.15) is 0 Å². The van der Waals surface area contributed by atoms with Crippen LogP contribution in [0.2, 0.25) is 0 Å². The van der Waals surface area contributed by atoms with E-state index in [0.29, 0.717) is 17.4 Å². The Hall–Kier alpha value is -2.10. The number of hydrogen-bond donors (Lipinski definition) is 0. The van der Waals surface area contributed by atoms with Crippen LogP contribution in [0.1, 0.15) is 44.1 Å². The molecule has 4 nitrogen and oxygen atoms in total. The maximum Gasteiger partial charge on any atom is 0.276 e. The highest BCUT2D eigenvalue weighted by molar-refractivity contribution is 5.93. The average Bonchev–Trinajstić information content (AvgIpc) is 2.97. The molecule has 0 spiro atoms. The Kier molecular flexibility index (Phi) is 4.01. The molecule has 1 aliphatic heterocycles. The van der Waals surface area contributed by atoms with Crippen molar-refractivity contribution < 1.29 is 9.32 Å². The smallest absolute Gasteiger partial charge is 0.276 e. The molecule has 0 saturated carbocycles. The van der Waals surface area contributed by atoms with E-state index in [1.54, 1.807) is 6.07 Å². The van der Waals surface area contributed by atoms with E-state index in [-0.39, 0.29) is 18.0 Å². The van der Waals surface area contributed by atoms with E-state index in [4.69, 9.17) is 4.52 Å². The third-order valence-corrected chi connectivity index (χ3v) is 4.46. The van der Waals surface area contributed by atoms with Gasteiger partial charge in [-0.05, 0) is 32.6 Å². The van der Waals surface area contributed by atoms with E-state index in [1.807, 2.05) is 35.2 Å². The van der Waals surface area contributed by atoms with Crippen LogP contribution in [0.3, 0.4) is 0 Å². The molecule has 1 aliphatic rings. The van der Waals surface area contributed by atoms with E-state index in [2.05, 4.69) is 25.9 Å². The van der Waals surface area contributed by atoms with Crippen molar-refractivity contribution in [2.45, 2.75) is 45.7 Å². The second kappa shape index (κ2) is 5.95. The first-order valence-electron chi connectivity index (χ1n) is 7.91. The SMILES string of the molecule is CC1C[C@@H](C)N(C(=O)c2cc(-c3ccccc3)on2)[C@@H](C)C1. The molecule has 1 unspecified atom stereocenters. The molecule has 22 heavy (non-hydrogen) atoms. The summed E-state index contributed by atoms with van der Waals surface area (Å²) in [5, 5.41) is 3.99.